The van der Waals surface area contributed by atoms with Crippen LogP contribution in [0.1, 0.15) is 29.3 Å². The van der Waals surface area contributed by atoms with Gasteiger partial charge in [0.25, 0.3) is 0 Å². The molecule has 1 unspecified atom stereocenters. The van der Waals surface area contributed by atoms with Crippen molar-refractivity contribution < 1.29 is 9.90 Å². The Morgan fingerprint density at radius 2 is 2.11 bits per heavy atom. The fraction of sp³-hybridized carbons (Fsp3) is 0.533. The van der Waals surface area contributed by atoms with Crippen LogP contribution in [0.5, 0.6) is 0 Å². The molecule has 1 heterocycles. The Labute approximate surface area is 108 Å². The van der Waals surface area contributed by atoms with Gasteiger partial charge in [-0.05, 0) is 30.9 Å². The monoisotopic (exact) mass is 247 g/mol. The van der Waals surface area contributed by atoms with Crippen molar-refractivity contribution in [2.24, 2.45) is 5.92 Å². The molecule has 0 bridgehead atoms. The molecular formula is C15H21NO2. The molecule has 0 saturated carbocycles. The molecule has 1 N–H and O–H groups in total. The normalized spacial score (nSPS) is 20.2. The largest absolute Gasteiger partial charge is 0.396 e. The standard InChI is InChI=1S/C15H21NO2/c1-2-12-3-5-14(6-4-12)15(18)10-16-8-7-13(9-16)11-17/h3-6,13,17H,2,7-11H2,1H3. The fourth-order valence-corrected chi connectivity index (χ4v) is 2.43. The molecule has 0 aromatic heterocycles. The Morgan fingerprint density at radius 3 is 2.67 bits per heavy atom. The highest BCUT2D eigenvalue weighted by Crippen LogP contribution is 2.16. The maximum absolute atomic E-state index is 12.1. The van der Waals surface area contributed by atoms with Gasteiger partial charge in [0.15, 0.2) is 5.78 Å². The average molecular weight is 247 g/mol. The average Bonchev–Trinajstić information content (AvgIpc) is 2.86. The zero-order chi connectivity index (χ0) is 13.0. The van der Waals surface area contributed by atoms with Crippen molar-refractivity contribution in [3.8, 4) is 0 Å². The van der Waals surface area contributed by atoms with Crippen molar-refractivity contribution in [2.45, 2.75) is 19.8 Å². The molecule has 1 aliphatic heterocycles. The predicted octanol–water partition coefficient (Wildman–Crippen LogP) is 1.75. The Balaban J connectivity index is 1.91. The second kappa shape index (κ2) is 6.12. The Kier molecular flexibility index (Phi) is 4.50. The van der Waals surface area contributed by atoms with Gasteiger partial charge in [-0.25, -0.2) is 0 Å². The number of benzene rings is 1. The van der Waals surface area contributed by atoms with Crippen molar-refractivity contribution in [2.75, 3.05) is 26.2 Å². The second-order valence-electron chi connectivity index (χ2n) is 5.05. The van der Waals surface area contributed by atoms with Gasteiger partial charge in [-0.3, -0.25) is 9.69 Å². The van der Waals surface area contributed by atoms with Crippen LogP contribution < -0.4 is 0 Å². The molecule has 3 nitrogen and oxygen atoms in total. The maximum atomic E-state index is 12.1. The first-order chi connectivity index (χ1) is 8.72. The van der Waals surface area contributed by atoms with Gasteiger partial charge < -0.3 is 5.11 Å². The summed E-state index contributed by atoms with van der Waals surface area (Å²) in [4.78, 5) is 14.2. The number of likely N-dealkylation sites (tertiary alicyclic amines) is 1. The van der Waals surface area contributed by atoms with E-state index in [9.17, 15) is 4.79 Å². The summed E-state index contributed by atoms with van der Waals surface area (Å²) in [6, 6.07) is 7.88. The number of hydrogen-bond acceptors (Lipinski definition) is 3. The van der Waals surface area contributed by atoms with Gasteiger partial charge in [0.05, 0.1) is 6.54 Å². The van der Waals surface area contributed by atoms with E-state index in [2.05, 4.69) is 11.8 Å². The molecule has 1 aromatic rings. The summed E-state index contributed by atoms with van der Waals surface area (Å²) >= 11 is 0. The van der Waals surface area contributed by atoms with Crippen molar-refractivity contribution in [1.82, 2.24) is 4.90 Å². The highest BCUT2D eigenvalue weighted by Gasteiger charge is 2.23. The Morgan fingerprint density at radius 1 is 1.39 bits per heavy atom. The molecule has 1 fully saturated rings. The molecule has 1 aromatic carbocycles. The van der Waals surface area contributed by atoms with Crippen molar-refractivity contribution in [3.05, 3.63) is 35.4 Å². The van der Waals surface area contributed by atoms with E-state index < -0.39 is 0 Å². The van der Waals surface area contributed by atoms with Crippen LogP contribution >= 0.6 is 0 Å². The van der Waals surface area contributed by atoms with Gasteiger partial charge in [-0.1, -0.05) is 31.2 Å². The molecule has 2 rings (SSSR count). The zero-order valence-corrected chi connectivity index (χ0v) is 10.9. The highest BCUT2D eigenvalue weighted by molar-refractivity contribution is 5.97. The molecule has 0 radical (unpaired) electrons. The van der Waals surface area contributed by atoms with Gasteiger partial charge in [0.1, 0.15) is 0 Å². The predicted molar refractivity (Wildman–Crippen MR) is 71.8 cm³/mol. The lowest BCUT2D eigenvalue weighted by atomic mass is 10.1. The van der Waals surface area contributed by atoms with E-state index in [-0.39, 0.29) is 12.4 Å². The third-order valence-electron chi connectivity index (χ3n) is 3.68. The van der Waals surface area contributed by atoms with Gasteiger partial charge in [0.2, 0.25) is 0 Å². The van der Waals surface area contributed by atoms with E-state index in [4.69, 9.17) is 5.11 Å². The van der Waals surface area contributed by atoms with Crippen LogP contribution in [-0.4, -0.2) is 42.0 Å². The van der Waals surface area contributed by atoms with Gasteiger partial charge in [0, 0.05) is 18.7 Å². The van der Waals surface area contributed by atoms with Crippen LogP contribution in [0.25, 0.3) is 0 Å². The Bertz CT molecular complexity index is 399. The summed E-state index contributed by atoms with van der Waals surface area (Å²) in [5, 5.41) is 9.08. The lowest BCUT2D eigenvalue weighted by Crippen LogP contribution is -2.28. The van der Waals surface area contributed by atoms with E-state index in [1.54, 1.807) is 0 Å². The van der Waals surface area contributed by atoms with Crippen LogP contribution in [-0.2, 0) is 6.42 Å². The summed E-state index contributed by atoms with van der Waals surface area (Å²) in [5.74, 6) is 0.525. The minimum atomic E-state index is 0.177. The summed E-state index contributed by atoms with van der Waals surface area (Å²) in [6.07, 6.45) is 2.00. The number of aryl methyl sites for hydroxylation is 1. The van der Waals surface area contributed by atoms with Gasteiger partial charge in [-0.2, -0.15) is 0 Å². The van der Waals surface area contributed by atoms with Crippen LogP contribution in [0, 0.1) is 5.92 Å². The number of Topliss-reactive ketones (excluding diaryl/α,β-unsaturated/α-hetero) is 1. The molecule has 0 aliphatic carbocycles. The second-order valence-corrected chi connectivity index (χ2v) is 5.05. The molecule has 98 valence electrons. The van der Waals surface area contributed by atoms with Crippen LogP contribution in [0.2, 0.25) is 0 Å². The summed E-state index contributed by atoms with van der Waals surface area (Å²) < 4.78 is 0. The SMILES string of the molecule is CCc1ccc(C(=O)CN2CCC(CO)C2)cc1. The topological polar surface area (TPSA) is 40.5 Å². The first kappa shape index (κ1) is 13.2. The minimum absolute atomic E-state index is 0.177. The zero-order valence-electron chi connectivity index (χ0n) is 10.9. The highest BCUT2D eigenvalue weighted by atomic mass is 16.3. The molecule has 1 saturated heterocycles. The van der Waals surface area contributed by atoms with E-state index in [0.717, 1.165) is 31.5 Å². The number of rotatable bonds is 5. The molecule has 1 aliphatic rings. The number of carbonyl (C=O) groups excluding carboxylic acids is 1. The minimum Gasteiger partial charge on any atom is -0.396 e. The van der Waals surface area contributed by atoms with Crippen molar-refractivity contribution in [3.63, 3.8) is 0 Å². The van der Waals surface area contributed by atoms with E-state index >= 15 is 0 Å². The third kappa shape index (κ3) is 3.18. The van der Waals surface area contributed by atoms with E-state index in [1.165, 1.54) is 5.56 Å². The van der Waals surface area contributed by atoms with Crippen LogP contribution in [0.4, 0.5) is 0 Å². The smallest absolute Gasteiger partial charge is 0.176 e. The van der Waals surface area contributed by atoms with E-state index in [0.29, 0.717) is 12.5 Å². The van der Waals surface area contributed by atoms with E-state index in [1.807, 2.05) is 24.3 Å². The van der Waals surface area contributed by atoms with Crippen molar-refractivity contribution >= 4 is 5.78 Å². The quantitative estimate of drug-likeness (QED) is 0.806. The summed E-state index contributed by atoms with van der Waals surface area (Å²) in [5.41, 5.74) is 2.05. The number of aliphatic hydroxyl groups excluding tert-OH is 1. The summed E-state index contributed by atoms with van der Waals surface area (Å²) in [6.45, 7) is 4.58. The molecule has 0 spiro atoms. The van der Waals surface area contributed by atoms with Gasteiger partial charge >= 0.3 is 0 Å². The first-order valence-electron chi connectivity index (χ1n) is 6.68. The number of carbonyl (C=O) groups is 1. The van der Waals surface area contributed by atoms with Crippen molar-refractivity contribution in [1.29, 1.82) is 0 Å². The van der Waals surface area contributed by atoms with Gasteiger partial charge in [-0.15, -0.1) is 0 Å². The number of nitrogens with zero attached hydrogens (tertiary/aromatic N) is 1. The Hall–Kier alpha value is -1.19. The lowest BCUT2D eigenvalue weighted by Gasteiger charge is -2.14. The molecule has 1 atom stereocenters. The number of aliphatic hydroxyl groups is 1. The van der Waals surface area contributed by atoms with Crippen LogP contribution in [0.15, 0.2) is 24.3 Å². The molecule has 0 amide bonds. The first-order valence-corrected chi connectivity index (χ1v) is 6.68. The maximum Gasteiger partial charge on any atom is 0.176 e. The fourth-order valence-electron chi connectivity index (χ4n) is 2.43. The third-order valence-corrected chi connectivity index (χ3v) is 3.68. The summed E-state index contributed by atoms with van der Waals surface area (Å²) in [7, 11) is 0. The van der Waals surface area contributed by atoms with Crippen LogP contribution in [0.3, 0.4) is 0 Å². The molecular weight excluding hydrogens is 226 g/mol. The lowest BCUT2D eigenvalue weighted by molar-refractivity contribution is 0.0940. The molecule has 3 heteroatoms. The number of ketones is 1. The molecule has 18 heavy (non-hydrogen) atoms. The number of hydrogen-bond donors (Lipinski definition) is 1.